The molecule has 1 aliphatic rings. The lowest BCUT2D eigenvalue weighted by molar-refractivity contribution is -0.137. The number of hydroxylamine groups is 1. The number of hydrogen-bond acceptors (Lipinski definition) is 4. The van der Waals surface area contributed by atoms with Gasteiger partial charge in [0.05, 0.1) is 5.56 Å². The highest BCUT2D eigenvalue weighted by Gasteiger charge is 2.32. The van der Waals surface area contributed by atoms with Crippen LogP contribution < -0.4 is 15.7 Å². The summed E-state index contributed by atoms with van der Waals surface area (Å²) in [6.07, 6.45) is -2.92. The average molecular weight is 421 g/mol. The smallest absolute Gasteiger partial charge is 0.378 e. The summed E-state index contributed by atoms with van der Waals surface area (Å²) in [6.45, 7) is 0. The molecule has 0 saturated heterocycles. The van der Waals surface area contributed by atoms with Gasteiger partial charge >= 0.3 is 6.18 Å². The third-order valence-electron chi connectivity index (χ3n) is 5.20. The van der Waals surface area contributed by atoms with Crippen molar-refractivity contribution in [3.63, 3.8) is 0 Å². The monoisotopic (exact) mass is 421 g/mol. The van der Waals surface area contributed by atoms with Crippen LogP contribution in [0.2, 0.25) is 0 Å². The molecule has 160 valence electrons. The summed E-state index contributed by atoms with van der Waals surface area (Å²) in [5, 5.41) is 11.5. The summed E-state index contributed by atoms with van der Waals surface area (Å²) in [6, 6.07) is 8.43. The minimum atomic E-state index is -4.57. The molecule has 30 heavy (non-hydrogen) atoms. The van der Waals surface area contributed by atoms with Crippen LogP contribution in [0.1, 0.15) is 33.5 Å². The van der Waals surface area contributed by atoms with E-state index in [9.17, 15) is 22.8 Å². The largest absolute Gasteiger partial charge is 0.416 e. The molecule has 9 heteroatoms. The SMILES string of the molecule is CN(C)c1cc(C(=O)Nc2ccc3c(c2)CC(C(=O)NO)CC3)cc(C(F)(F)F)c1. The Labute approximate surface area is 171 Å². The van der Waals surface area contributed by atoms with Crippen LogP contribution in [0.3, 0.4) is 0 Å². The summed E-state index contributed by atoms with van der Waals surface area (Å²) in [4.78, 5) is 25.9. The zero-order valence-corrected chi connectivity index (χ0v) is 16.5. The van der Waals surface area contributed by atoms with Crippen LogP contribution in [0.5, 0.6) is 0 Å². The van der Waals surface area contributed by atoms with Gasteiger partial charge in [0.1, 0.15) is 0 Å². The molecule has 0 aromatic heterocycles. The van der Waals surface area contributed by atoms with E-state index in [4.69, 9.17) is 5.21 Å². The molecular formula is C21H22F3N3O3. The zero-order valence-electron chi connectivity index (χ0n) is 16.5. The van der Waals surface area contributed by atoms with E-state index in [2.05, 4.69) is 5.32 Å². The highest BCUT2D eigenvalue weighted by Crippen LogP contribution is 2.33. The van der Waals surface area contributed by atoms with Crippen LogP contribution in [0.15, 0.2) is 36.4 Å². The van der Waals surface area contributed by atoms with Gasteiger partial charge in [-0.2, -0.15) is 13.2 Å². The number of fused-ring (bicyclic) bond motifs is 1. The first kappa shape index (κ1) is 21.6. The van der Waals surface area contributed by atoms with Gasteiger partial charge in [-0.05, 0) is 60.7 Å². The van der Waals surface area contributed by atoms with Crippen LogP contribution in [0, 0.1) is 5.92 Å². The fourth-order valence-corrected chi connectivity index (χ4v) is 3.52. The van der Waals surface area contributed by atoms with Crippen LogP contribution >= 0.6 is 0 Å². The molecule has 1 unspecified atom stereocenters. The minimum Gasteiger partial charge on any atom is -0.378 e. The molecule has 2 aromatic rings. The Morgan fingerprint density at radius 3 is 2.47 bits per heavy atom. The Hall–Kier alpha value is -3.07. The van der Waals surface area contributed by atoms with E-state index < -0.39 is 23.6 Å². The number of aryl methyl sites for hydroxylation is 1. The number of alkyl halides is 3. The Morgan fingerprint density at radius 2 is 1.83 bits per heavy atom. The van der Waals surface area contributed by atoms with E-state index in [1.54, 1.807) is 31.7 Å². The molecule has 3 N–H and O–H groups in total. The zero-order chi connectivity index (χ0) is 22.1. The van der Waals surface area contributed by atoms with Gasteiger partial charge in [0, 0.05) is 37.0 Å². The summed E-state index contributed by atoms with van der Waals surface area (Å²) in [5.41, 5.74) is 3.22. The van der Waals surface area contributed by atoms with Crippen LogP contribution in [-0.2, 0) is 23.8 Å². The maximum atomic E-state index is 13.2. The molecule has 2 aromatic carbocycles. The van der Waals surface area contributed by atoms with Gasteiger partial charge in [0.25, 0.3) is 5.91 Å². The summed E-state index contributed by atoms with van der Waals surface area (Å²) in [5.74, 6) is -1.50. The van der Waals surface area contributed by atoms with E-state index in [0.29, 0.717) is 24.9 Å². The number of carbonyl (C=O) groups excluding carboxylic acids is 2. The van der Waals surface area contributed by atoms with Gasteiger partial charge in [-0.3, -0.25) is 14.8 Å². The second-order valence-electron chi connectivity index (χ2n) is 7.51. The molecule has 0 fully saturated rings. The normalized spacial score (nSPS) is 15.9. The van der Waals surface area contributed by atoms with Crippen molar-refractivity contribution in [3.8, 4) is 0 Å². The number of rotatable bonds is 4. The fourth-order valence-electron chi connectivity index (χ4n) is 3.52. The Kier molecular flexibility index (Phi) is 6.02. The number of hydrogen-bond donors (Lipinski definition) is 3. The Bertz CT molecular complexity index is 974. The first-order chi connectivity index (χ1) is 14.1. The first-order valence-corrected chi connectivity index (χ1v) is 9.35. The molecular weight excluding hydrogens is 399 g/mol. The standard InChI is InChI=1S/C21H22F3N3O3/c1-27(2)18-10-15(8-16(11-18)21(22,23)24)19(28)25-17-6-5-12-3-4-13(20(29)26-30)7-14(12)9-17/h5-6,8-11,13,30H,3-4,7H2,1-2H3,(H,25,28)(H,26,29). The molecule has 1 aliphatic carbocycles. The molecule has 0 spiro atoms. The van der Waals surface area contributed by atoms with Gasteiger partial charge in [-0.15, -0.1) is 0 Å². The maximum absolute atomic E-state index is 13.2. The predicted molar refractivity (Wildman–Crippen MR) is 106 cm³/mol. The molecule has 0 radical (unpaired) electrons. The first-order valence-electron chi connectivity index (χ1n) is 9.35. The molecule has 0 heterocycles. The van der Waals surface area contributed by atoms with E-state index in [0.717, 1.165) is 23.3 Å². The molecule has 0 aliphatic heterocycles. The van der Waals surface area contributed by atoms with Crippen LogP contribution in [-0.4, -0.2) is 31.1 Å². The predicted octanol–water partition coefficient (Wildman–Crippen LogP) is 3.63. The quantitative estimate of drug-likeness (QED) is 0.520. The third kappa shape index (κ3) is 4.73. The van der Waals surface area contributed by atoms with Crippen molar-refractivity contribution in [3.05, 3.63) is 58.7 Å². The maximum Gasteiger partial charge on any atom is 0.416 e. The van der Waals surface area contributed by atoms with E-state index in [-0.39, 0.29) is 17.2 Å². The molecule has 0 saturated carbocycles. The lowest BCUT2D eigenvalue weighted by atomic mass is 9.83. The number of nitrogens with zero attached hydrogens (tertiary/aromatic N) is 1. The van der Waals surface area contributed by atoms with Crippen molar-refractivity contribution in [2.24, 2.45) is 5.92 Å². The van der Waals surface area contributed by atoms with Gasteiger partial charge < -0.3 is 10.2 Å². The van der Waals surface area contributed by atoms with Gasteiger partial charge in [0.15, 0.2) is 0 Å². The van der Waals surface area contributed by atoms with Crippen molar-refractivity contribution in [2.75, 3.05) is 24.3 Å². The van der Waals surface area contributed by atoms with Crippen LogP contribution in [0.4, 0.5) is 24.5 Å². The molecule has 1 atom stereocenters. The van der Waals surface area contributed by atoms with E-state index in [1.165, 1.54) is 11.0 Å². The highest BCUT2D eigenvalue weighted by molar-refractivity contribution is 6.05. The minimum absolute atomic E-state index is 0.108. The summed E-state index contributed by atoms with van der Waals surface area (Å²) in [7, 11) is 3.19. The average Bonchev–Trinajstić information content (AvgIpc) is 2.71. The van der Waals surface area contributed by atoms with Gasteiger partial charge in [0.2, 0.25) is 5.91 Å². The van der Waals surface area contributed by atoms with Crippen LogP contribution in [0.25, 0.3) is 0 Å². The number of benzene rings is 2. The van der Waals surface area contributed by atoms with Crippen molar-refractivity contribution in [2.45, 2.75) is 25.4 Å². The fraction of sp³-hybridized carbons (Fsp3) is 0.333. The molecule has 6 nitrogen and oxygen atoms in total. The van der Waals surface area contributed by atoms with E-state index in [1.807, 2.05) is 6.07 Å². The Balaban J connectivity index is 1.85. The van der Waals surface area contributed by atoms with E-state index >= 15 is 0 Å². The summed E-state index contributed by atoms with van der Waals surface area (Å²) >= 11 is 0. The molecule has 0 bridgehead atoms. The number of anilines is 2. The summed E-state index contributed by atoms with van der Waals surface area (Å²) < 4.78 is 39.7. The van der Waals surface area contributed by atoms with Gasteiger partial charge in [-0.25, -0.2) is 5.48 Å². The van der Waals surface area contributed by atoms with Crippen molar-refractivity contribution in [1.82, 2.24) is 5.48 Å². The number of halogens is 3. The lowest BCUT2D eigenvalue weighted by Crippen LogP contribution is -2.32. The number of nitrogens with one attached hydrogen (secondary N) is 2. The number of amides is 2. The molecule has 3 rings (SSSR count). The van der Waals surface area contributed by atoms with Crippen molar-refractivity contribution >= 4 is 23.2 Å². The van der Waals surface area contributed by atoms with Gasteiger partial charge in [-0.1, -0.05) is 6.07 Å². The topological polar surface area (TPSA) is 81.7 Å². The second-order valence-corrected chi connectivity index (χ2v) is 7.51. The Morgan fingerprint density at radius 1 is 1.10 bits per heavy atom. The van der Waals surface area contributed by atoms with Crippen molar-refractivity contribution in [1.29, 1.82) is 0 Å². The highest BCUT2D eigenvalue weighted by atomic mass is 19.4. The third-order valence-corrected chi connectivity index (χ3v) is 5.20. The second kappa shape index (κ2) is 8.35. The number of carbonyl (C=O) groups is 2. The van der Waals surface area contributed by atoms with Crippen molar-refractivity contribution < 1.29 is 28.0 Å². The lowest BCUT2D eigenvalue weighted by Gasteiger charge is -2.23. The molecule has 2 amide bonds.